The maximum absolute atomic E-state index is 13.2. The lowest BCUT2D eigenvalue weighted by molar-refractivity contribution is -0.385. The first-order valence-corrected chi connectivity index (χ1v) is 10.3. The molecular formula is C22H26ClN3O4. The molecule has 0 saturated heterocycles. The Morgan fingerprint density at radius 1 is 1.13 bits per heavy atom. The van der Waals surface area contributed by atoms with E-state index < -0.39 is 11.0 Å². The van der Waals surface area contributed by atoms with Gasteiger partial charge in [-0.2, -0.15) is 0 Å². The zero-order chi connectivity index (χ0) is 22.1. The summed E-state index contributed by atoms with van der Waals surface area (Å²) in [5.74, 6) is -0.582. The van der Waals surface area contributed by atoms with Gasteiger partial charge in [0.2, 0.25) is 11.8 Å². The first-order chi connectivity index (χ1) is 14.4. The second-order valence-electron chi connectivity index (χ2n) is 6.93. The molecular weight excluding hydrogens is 406 g/mol. The zero-order valence-electron chi connectivity index (χ0n) is 17.1. The van der Waals surface area contributed by atoms with Gasteiger partial charge in [0.1, 0.15) is 6.04 Å². The molecule has 7 nitrogen and oxygen atoms in total. The second kappa shape index (κ2) is 11.3. The zero-order valence-corrected chi connectivity index (χ0v) is 17.9. The number of para-hydroxylation sites is 1. The summed E-state index contributed by atoms with van der Waals surface area (Å²) >= 11 is 5.95. The maximum atomic E-state index is 13.2. The quantitative estimate of drug-likeness (QED) is 0.452. The highest BCUT2D eigenvalue weighted by molar-refractivity contribution is 6.30. The molecule has 0 bridgehead atoms. The van der Waals surface area contributed by atoms with Crippen molar-refractivity contribution >= 4 is 29.1 Å². The largest absolute Gasteiger partial charge is 0.354 e. The van der Waals surface area contributed by atoms with Crippen LogP contribution in [0.2, 0.25) is 5.02 Å². The smallest absolute Gasteiger partial charge is 0.273 e. The molecule has 0 aliphatic rings. The summed E-state index contributed by atoms with van der Waals surface area (Å²) in [5, 5.41) is 14.7. The van der Waals surface area contributed by atoms with Crippen molar-refractivity contribution in [3.8, 4) is 0 Å². The molecule has 2 amide bonds. The number of amides is 2. The van der Waals surface area contributed by atoms with Gasteiger partial charge in [0.15, 0.2) is 0 Å². The molecule has 1 N–H and O–H groups in total. The van der Waals surface area contributed by atoms with Gasteiger partial charge in [0, 0.05) is 29.7 Å². The topological polar surface area (TPSA) is 92.6 Å². The number of carbonyl (C=O) groups excluding carboxylic acids is 2. The molecule has 0 aliphatic heterocycles. The number of benzene rings is 2. The van der Waals surface area contributed by atoms with E-state index in [1.807, 2.05) is 13.8 Å². The lowest BCUT2D eigenvalue weighted by Gasteiger charge is -2.30. The lowest BCUT2D eigenvalue weighted by Crippen LogP contribution is -2.49. The Morgan fingerprint density at radius 2 is 1.80 bits per heavy atom. The molecule has 30 heavy (non-hydrogen) atoms. The van der Waals surface area contributed by atoms with Gasteiger partial charge in [-0.1, -0.05) is 55.8 Å². The Balaban J connectivity index is 2.33. The number of nitro benzene ring substituents is 1. The molecule has 2 aromatic rings. The highest BCUT2D eigenvalue weighted by Crippen LogP contribution is 2.21. The number of hydrogen-bond acceptors (Lipinski definition) is 4. The molecule has 0 heterocycles. The van der Waals surface area contributed by atoms with Gasteiger partial charge in [-0.25, -0.2) is 0 Å². The van der Waals surface area contributed by atoms with E-state index in [9.17, 15) is 19.7 Å². The molecule has 160 valence electrons. The minimum Gasteiger partial charge on any atom is -0.354 e. The summed E-state index contributed by atoms with van der Waals surface area (Å²) in [6.45, 7) is 4.51. The van der Waals surface area contributed by atoms with E-state index in [4.69, 9.17) is 11.6 Å². The number of nitrogens with one attached hydrogen (secondary N) is 1. The predicted molar refractivity (Wildman–Crippen MR) is 116 cm³/mol. The summed E-state index contributed by atoms with van der Waals surface area (Å²) in [7, 11) is 0. The molecule has 0 unspecified atom stereocenters. The van der Waals surface area contributed by atoms with Crippen molar-refractivity contribution in [3.63, 3.8) is 0 Å². The van der Waals surface area contributed by atoms with E-state index in [0.717, 1.165) is 12.0 Å². The van der Waals surface area contributed by atoms with Crippen molar-refractivity contribution in [2.45, 2.75) is 45.7 Å². The Hall–Kier alpha value is -2.93. The number of nitrogens with zero attached hydrogens (tertiary/aromatic N) is 2. The van der Waals surface area contributed by atoms with Crippen LogP contribution in [0.15, 0.2) is 48.5 Å². The predicted octanol–water partition coefficient (Wildman–Crippen LogP) is 4.12. The van der Waals surface area contributed by atoms with Crippen LogP contribution in [-0.4, -0.2) is 34.2 Å². The van der Waals surface area contributed by atoms with Crippen LogP contribution in [0.5, 0.6) is 0 Å². The monoisotopic (exact) mass is 431 g/mol. The molecule has 0 spiro atoms. The minimum absolute atomic E-state index is 0.110. The molecule has 0 aromatic heterocycles. The Bertz CT molecular complexity index is 886. The van der Waals surface area contributed by atoms with Gasteiger partial charge in [-0.15, -0.1) is 0 Å². The standard InChI is InChI=1S/C22H26ClN3O4/c1-3-13-24-22(28)19(4-2)25(15-16-9-11-18(23)12-10-16)21(27)14-17-7-5-6-8-20(17)26(29)30/h5-12,19H,3-4,13-15H2,1-2H3,(H,24,28)/t19-/m1/s1. The molecule has 2 rings (SSSR count). The summed E-state index contributed by atoms with van der Waals surface area (Å²) in [4.78, 5) is 38.3. The number of rotatable bonds is 10. The van der Waals surface area contributed by atoms with Gasteiger partial charge in [0.25, 0.3) is 5.69 Å². The van der Waals surface area contributed by atoms with Crippen LogP contribution in [-0.2, 0) is 22.6 Å². The van der Waals surface area contributed by atoms with Crippen LogP contribution in [0, 0.1) is 10.1 Å². The summed E-state index contributed by atoms with van der Waals surface area (Å²) in [5.41, 5.74) is 1.02. The lowest BCUT2D eigenvalue weighted by atomic mass is 10.1. The summed E-state index contributed by atoms with van der Waals surface area (Å²) in [6, 6.07) is 12.5. The molecule has 1 atom stereocenters. The second-order valence-corrected chi connectivity index (χ2v) is 7.36. The molecule has 0 saturated carbocycles. The normalized spacial score (nSPS) is 11.6. The molecule has 0 fully saturated rings. The van der Waals surface area contributed by atoms with E-state index >= 15 is 0 Å². The van der Waals surface area contributed by atoms with Crippen molar-refractivity contribution in [2.75, 3.05) is 6.54 Å². The highest BCUT2D eigenvalue weighted by atomic mass is 35.5. The van der Waals surface area contributed by atoms with Crippen LogP contribution < -0.4 is 5.32 Å². The van der Waals surface area contributed by atoms with E-state index in [2.05, 4.69) is 5.32 Å². The third kappa shape index (κ3) is 6.29. The van der Waals surface area contributed by atoms with Crippen LogP contribution in [0.1, 0.15) is 37.8 Å². The highest BCUT2D eigenvalue weighted by Gasteiger charge is 2.29. The summed E-state index contributed by atoms with van der Waals surface area (Å²) in [6.07, 6.45) is 1.04. The van der Waals surface area contributed by atoms with Crippen LogP contribution in [0.4, 0.5) is 5.69 Å². The fourth-order valence-electron chi connectivity index (χ4n) is 3.17. The van der Waals surface area contributed by atoms with E-state index in [0.29, 0.717) is 23.6 Å². The minimum atomic E-state index is -0.678. The van der Waals surface area contributed by atoms with Gasteiger partial charge in [0.05, 0.1) is 11.3 Å². The fraction of sp³-hybridized carbons (Fsp3) is 0.364. The fourth-order valence-corrected chi connectivity index (χ4v) is 3.30. The molecule has 2 aromatic carbocycles. The Labute approximate surface area is 181 Å². The van der Waals surface area contributed by atoms with E-state index in [-0.39, 0.29) is 30.5 Å². The average Bonchev–Trinajstić information content (AvgIpc) is 2.73. The molecule has 0 radical (unpaired) electrons. The van der Waals surface area contributed by atoms with Gasteiger partial charge < -0.3 is 10.2 Å². The van der Waals surface area contributed by atoms with Gasteiger partial charge >= 0.3 is 0 Å². The first-order valence-electron chi connectivity index (χ1n) is 9.91. The Kier molecular flexibility index (Phi) is 8.80. The SMILES string of the molecule is CCCNC(=O)[C@@H](CC)N(Cc1ccc(Cl)cc1)C(=O)Cc1ccccc1[N+](=O)[O-]. The van der Waals surface area contributed by atoms with Crippen LogP contribution >= 0.6 is 11.6 Å². The van der Waals surface area contributed by atoms with Gasteiger partial charge in [-0.3, -0.25) is 19.7 Å². The molecule has 8 heteroatoms. The number of nitro groups is 1. The maximum Gasteiger partial charge on any atom is 0.273 e. The van der Waals surface area contributed by atoms with Crippen molar-refractivity contribution in [2.24, 2.45) is 0 Å². The number of halogens is 1. The third-order valence-electron chi connectivity index (χ3n) is 4.73. The van der Waals surface area contributed by atoms with Crippen LogP contribution in [0.3, 0.4) is 0 Å². The van der Waals surface area contributed by atoms with Crippen molar-refractivity contribution < 1.29 is 14.5 Å². The Morgan fingerprint density at radius 3 is 2.40 bits per heavy atom. The van der Waals surface area contributed by atoms with Gasteiger partial charge in [-0.05, 0) is 30.5 Å². The first kappa shape index (κ1) is 23.3. The van der Waals surface area contributed by atoms with Crippen molar-refractivity contribution in [1.82, 2.24) is 10.2 Å². The van der Waals surface area contributed by atoms with Crippen molar-refractivity contribution in [3.05, 3.63) is 74.8 Å². The number of hydrogen-bond donors (Lipinski definition) is 1. The third-order valence-corrected chi connectivity index (χ3v) is 4.98. The molecule has 0 aliphatic carbocycles. The van der Waals surface area contributed by atoms with Crippen molar-refractivity contribution in [1.29, 1.82) is 0 Å². The van der Waals surface area contributed by atoms with E-state index in [1.165, 1.54) is 11.0 Å². The average molecular weight is 432 g/mol. The summed E-state index contributed by atoms with van der Waals surface area (Å²) < 4.78 is 0. The van der Waals surface area contributed by atoms with E-state index in [1.54, 1.807) is 42.5 Å². The van der Waals surface area contributed by atoms with Crippen LogP contribution in [0.25, 0.3) is 0 Å². The number of carbonyl (C=O) groups is 2.